The van der Waals surface area contributed by atoms with Gasteiger partial charge in [-0.05, 0) is 83.9 Å². The molecule has 0 aliphatic heterocycles. The first-order valence-electron chi connectivity index (χ1n) is 12.9. The summed E-state index contributed by atoms with van der Waals surface area (Å²) in [7, 11) is 0. The van der Waals surface area contributed by atoms with Crippen LogP contribution >= 0.6 is 0 Å². The van der Waals surface area contributed by atoms with Gasteiger partial charge in [-0.1, -0.05) is 72.8 Å². The summed E-state index contributed by atoms with van der Waals surface area (Å²) < 4.78 is 0. The summed E-state index contributed by atoms with van der Waals surface area (Å²) in [6.07, 6.45) is 7.81. The van der Waals surface area contributed by atoms with Gasteiger partial charge in [0.05, 0.1) is 22.8 Å². The van der Waals surface area contributed by atoms with Crippen molar-refractivity contribution in [2.24, 2.45) is 0 Å². The van der Waals surface area contributed by atoms with E-state index in [-0.39, 0.29) is 0 Å². The van der Waals surface area contributed by atoms with Crippen molar-refractivity contribution >= 4 is 29.2 Å². The van der Waals surface area contributed by atoms with Gasteiger partial charge in [0, 0.05) is 29.5 Å². The molecule has 6 aromatic rings. The zero-order chi connectivity index (χ0) is 26.3. The standard InChI is InChI=1S/C35H26N4/c1-3-11-29(12-4-1)39(30-13-5-2-6-14-30)31-21-19-27(20-22-31)17-18-28-25-34(32-15-7-9-23-36-32)38-35(26-28)33-16-8-10-24-37-33/h1-26H. The molecule has 0 saturated carbocycles. The molecule has 0 aliphatic carbocycles. The van der Waals surface area contributed by atoms with Gasteiger partial charge in [-0.25, -0.2) is 4.98 Å². The number of benzene rings is 3. The van der Waals surface area contributed by atoms with Crippen LogP contribution in [0.3, 0.4) is 0 Å². The van der Waals surface area contributed by atoms with Gasteiger partial charge in [0.25, 0.3) is 0 Å². The highest BCUT2D eigenvalue weighted by atomic mass is 15.1. The van der Waals surface area contributed by atoms with Gasteiger partial charge in [-0.2, -0.15) is 0 Å². The Balaban J connectivity index is 1.32. The maximum atomic E-state index is 4.85. The third-order valence-corrected chi connectivity index (χ3v) is 6.35. The van der Waals surface area contributed by atoms with Crippen molar-refractivity contribution in [3.8, 4) is 22.8 Å². The topological polar surface area (TPSA) is 41.9 Å². The highest BCUT2D eigenvalue weighted by Gasteiger charge is 2.11. The van der Waals surface area contributed by atoms with Crippen LogP contribution in [0.2, 0.25) is 0 Å². The predicted octanol–water partition coefficient (Wildman–Crippen LogP) is 8.85. The van der Waals surface area contributed by atoms with Crippen LogP contribution in [-0.4, -0.2) is 15.0 Å². The molecule has 0 saturated heterocycles. The Morgan fingerprint density at radius 1 is 0.410 bits per heavy atom. The fourth-order valence-electron chi connectivity index (χ4n) is 4.47. The number of pyridine rings is 3. The maximum Gasteiger partial charge on any atom is 0.0900 e. The normalized spacial score (nSPS) is 11.0. The summed E-state index contributed by atoms with van der Waals surface area (Å²) in [5, 5.41) is 0. The van der Waals surface area contributed by atoms with Crippen molar-refractivity contribution < 1.29 is 0 Å². The van der Waals surface area contributed by atoms with E-state index in [4.69, 9.17) is 4.98 Å². The van der Waals surface area contributed by atoms with Crippen molar-refractivity contribution in [2.45, 2.75) is 0 Å². The number of anilines is 3. The quantitative estimate of drug-likeness (QED) is 0.219. The van der Waals surface area contributed by atoms with E-state index in [9.17, 15) is 0 Å². The monoisotopic (exact) mass is 502 g/mol. The van der Waals surface area contributed by atoms with Crippen molar-refractivity contribution in [2.75, 3.05) is 4.90 Å². The smallest absolute Gasteiger partial charge is 0.0900 e. The summed E-state index contributed by atoms with van der Waals surface area (Å²) >= 11 is 0. The first kappa shape index (κ1) is 24.0. The molecule has 0 fully saturated rings. The summed E-state index contributed by atoms with van der Waals surface area (Å²) in [6.45, 7) is 0. The largest absolute Gasteiger partial charge is 0.311 e. The SMILES string of the molecule is C(=Cc1cc(-c2ccccn2)nc(-c2ccccn2)c1)c1ccc(N(c2ccccc2)c2ccccc2)cc1. The summed E-state index contributed by atoms with van der Waals surface area (Å²) in [6, 6.07) is 45.3. The van der Waals surface area contributed by atoms with Gasteiger partial charge in [-0.3, -0.25) is 9.97 Å². The molecular weight excluding hydrogens is 476 g/mol. The molecule has 3 aromatic carbocycles. The van der Waals surface area contributed by atoms with Gasteiger partial charge in [-0.15, -0.1) is 0 Å². The van der Waals surface area contributed by atoms with Crippen LogP contribution in [0.25, 0.3) is 34.9 Å². The minimum atomic E-state index is 0.815. The van der Waals surface area contributed by atoms with Crippen molar-refractivity contribution in [3.05, 3.63) is 157 Å². The highest BCUT2D eigenvalue weighted by Crippen LogP contribution is 2.34. The Kier molecular flexibility index (Phi) is 7.00. The number of hydrogen-bond donors (Lipinski definition) is 0. The third kappa shape index (κ3) is 5.65. The van der Waals surface area contributed by atoms with E-state index in [0.29, 0.717) is 0 Å². The molecule has 0 amide bonds. The van der Waals surface area contributed by atoms with E-state index in [1.807, 2.05) is 48.5 Å². The fourth-order valence-corrected chi connectivity index (χ4v) is 4.47. The molecule has 3 heterocycles. The summed E-state index contributed by atoms with van der Waals surface area (Å²) in [4.78, 5) is 16.1. The second-order valence-electron chi connectivity index (χ2n) is 9.03. The van der Waals surface area contributed by atoms with Crippen LogP contribution in [0.4, 0.5) is 17.1 Å². The maximum absolute atomic E-state index is 4.85. The third-order valence-electron chi connectivity index (χ3n) is 6.35. The van der Waals surface area contributed by atoms with Gasteiger partial charge in [0.1, 0.15) is 0 Å². The van der Waals surface area contributed by atoms with Crippen molar-refractivity contribution in [1.82, 2.24) is 15.0 Å². The number of rotatable bonds is 7. The van der Waals surface area contributed by atoms with Crippen LogP contribution in [0.5, 0.6) is 0 Å². The van der Waals surface area contributed by atoms with Gasteiger partial charge < -0.3 is 4.90 Å². The Morgan fingerprint density at radius 3 is 1.36 bits per heavy atom. The average molecular weight is 503 g/mol. The van der Waals surface area contributed by atoms with E-state index in [1.54, 1.807) is 12.4 Å². The van der Waals surface area contributed by atoms with Crippen molar-refractivity contribution in [3.63, 3.8) is 0 Å². The van der Waals surface area contributed by atoms with Gasteiger partial charge in [0.15, 0.2) is 0 Å². The fraction of sp³-hybridized carbons (Fsp3) is 0. The first-order chi connectivity index (χ1) is 19.3. The average Bonchev–Trinajstić information content (AvgIpc) is 3.03. The molecule has 39 heavy (non-hydrogen) atoms. The van der Waals surface area contributed by atoms with E-state index in [2.05, 4.69) is 112 Å². The van der Waals surface area contributed by atoms with Crippen LogP contribution < -0.4 is 4.90 Å². The lowest BCUT2D eigenvalue weighted by molar-refractivity contribution is 1.22. The molecule has 0 atom stereocenters. The van der Waals surface area contributed by atoms with E-state index >= 15 is 0 Å². The van der Waals surface area contributed by atoms with Crippen LogP contribution in [0.1, 0.15) is 11.1 Å². The number of hydrogen-bond acceptors (Lipinski definition) is 4. The molecule has 4 nitrogen and oxygen atoms in total. The molecular formula is C35H26N4. The second-order valence-corrected chi connectivity index (χ2v) is 9.03. The van der Waals surface area contributed by atoms with Crippen LogP contribution in [0, 0.1) is 0 Å². The van der Waals surface area contributed by atoms with E-state index in [1.165, 1.54) is 0 Å². The number of nitrogens with zero attached hydrogens (tertiary/aromatic N) is 4. The lowest BCUT2D eigenvalue weighted by Crippen LogP contribution is -2.09. The molecule has 186 valence electrons. The van der Waals surface area contributed by atoms with Gasteiger partial charge in [0.2, 0.25) is 0 Å². The molecule has 3 aromatic heterocycles. The molecule has 0 spiro atoms. The number of para-hydroxylation sites is 2. The van der Waals surface area contributed by atoms with E-state index < -0.39 is 0 Å². The van der Waals surface area contributed by atoms with Crippen LogP contribution in [0.15, 0.2) is 146 Å². The molecule has 6 rings (SSSR count). The van der Waals surface area contributed by atoms with Gasteiger partial charge >= 0.3 is 0 Å². The first-order valence-corrected chi connectivity index (χ1v) is 12.9. The zero-order valence-electron chi connectivity index (χ0n) is 21.3. The molecule has 0 N–H and O–H groups in total. The minimum absolute atomic E-state index is 0.815. The summed E-state index contributed by atoms with van der Waals surface area (Å²) in [5.74, 6) is 0. The second kappa shape index (κ2) is 11.4. The Hall–Kier alpha value is -5.35. The minimum Gasteiger partial charge on any atom is -0.311 e. The number of aromatic nitrogens is 3. The molecule has 0 aliphatic rings. The predicted molar refractivity (Wildman–Crippen MR) is 161 cm³/mol. The van der Waals surface area contributed by atoms with Crippen molar-refractivity contribution in [1.29, 1.82) is 0 Å². The zero-order valence-corrected chi connectivity index (χ0v) is 21.3. The summed E-state index contributed by atoms with van der Waals surface area (Å²) in [5.41, 5.74) is 8.77. The lowest BCUT2D eigenvalue weighted by atomic mass is 10.1. The van der Waals surface area contributed by atoms with Crippen LogP contribution in [-0.2, 0) is 0 Å². The lowest BCUT2D eigenvalue weighted by Gasteiger charge is -2.25. The molecule has 0 bridgehead atoms. The Bertz CT molecular complexity index is 1570. The molecule has 0 unspecified atom stereocenters. The Labute approximate surface area is 228 Å². The van der Waals surface area contributed by atoms with E-state index in [0.717, 1.165) is 51.0 Å². The highest BCUT2D eigenvalue weighted by molar-refractivity contribution is 5.79. The Morgan fingerprint density at radius 2 is 0.872 bits per heavy atom. The molecule has 0 radical (unpaired) electrons. The molecule has 4 heteroatoms.